The van der Waals surface area contributed by atoms with Crippen molar-refractivity contribution in [2.24, 2.45) is 5.73 Å². The Labute approximate surface area is 85.5 Å². The van der Waals surface area contributed by atoms with Gasteiger partial charge < -0.3 is 15.8 Å². The van der Waals surface area contributed by atoms with Crippen molar-refractivity contribution >= 4 is 5.91 Å². The third kappa shape index (κ3) is 4.87. The predicted octanol–water partition coefficient (Wildman–Crippen LogP) is 0.780. The van der Waals surface area contributed by atoms with Crippen LogP contribution in [-0.4, -0.2) is 24.6 Å². The van der Waals surface area contributed by atoms with Gasteiger partial charge >= 0.3 is 0 Å². The van der Waals surface area contributed by atoms with E-state index in [1.807, 2.05) is 6.92 Å². The standard InChI is InChI=1S/C10H20N2O2/c1-4-10(3,11)9(13)12-7-6-8-14-5-2/h5H,2,4,6-8,11H2,1,3H3,(H,12,13). The Morgan fingerprint density at radius 2 is 2.36 bits per heavy atom. The zero-order chi connectivity index (χ0) is 11.0. The van der Waals surface area contributed by atoms with Gasteiger partial charge in [0.15, 0.2) is 0 Å². The molecule has 14 heavy (non-hydrogen) atoms. The molecule has 0 aliphatic heterocycles. The topological polar surface area (TPSA) is 64.3 Å². The molecule has 0 aromatic rings. The second kappa shape index (κ2) is 6.43. The molecule has 0 saturated carbocycles. The van der Waals surface area contributed by atoms with Crippen LogP contribution in [-0.2, 0) is 9.53 Å². The quantitative estimate of drug-likeness (QED) is 0.471. The van der Waals surface area contributed by atoms with Gasteiger partial charge in [0.05, 0.1) is 18.4 Å². The number of hydrogen-bond donors (Lipinski definition) is 2. The first-order chi connectivity index (χ1) is 6.54. The zero-order valence-corrected chi connectivity index (χ0v) is 9.01. The maximum absolute atomic E-state index is 11.4. The monoisotopic (exact) mass is 200 g/mol. The van der Waals surface area contributed by atoms with Crippen molar-refractivity contribution in [3.8, 4) is 0 Å². The van der Waals surface area contributed by atoms with Crippen molar-refractivity contribution in [2.75, 3.05) is 13.2 Å². The van der Waals surface area contributed by atoms with Gasteiger partial charge in [-0.1, -0.05) is 13.5 Å². The molecule has 4 nitrogen and oxygen atoms in total. The number of rotatable bonds is 7. The molecule has 0 heterocycles. The summed E-state index contributed by atoms with van der Waals surface area (Å²) in [4.78, 5) is 11.4. The second-order valence-corrected chi connectivity index (χ2v) is 3.42. The molecule has 1 atom stereocenters. The fourth-order valence-electron chi connectivity index (χ4n) is 0.803. The lowest BCUT2D eigenvalue weighted by molar-refractivity contribution is -0.125. The molecule has 0 aromatic heterocycles. The number of carbonyl (C=O) groups excluding carboxylic acids is 1. The highest BCUT2D eigenvalue weighted by atomic mass is 16.5. The number of carbonyl (C=O) groups is 1. The summed E-state index contributed by atoms with van der Waals surface area (Å²) in [6.45, 7) is 8.18. The SMILES string of the molecule is C=COCCCNC(=O)C(C)(N)CC. The Balaban J connectivity index is 3.59. The van der Waals surface area contributed by atoms with Crippen molar-refractivity contribution in [2.45, 2.75) is 32.2 Å². The Kier molecular flexibility index (Phi) is 5.95. The molecule has 82 valence electrons. The van der Waals surface area contributed by atoms with E-state index in [1.165, 1.54) is 6.26 Å². The summed E-state index contributed by atoms with van der Waals surface area (Å²) in [6, 6.07) is 0. The second-order valence-electron chi connectivity index (χ2n) is 3.42. The van der Waals surface area contributed by atoms with Gasteiger partial charge in [0.2, 0.25) is 5.91 Å². The van der Waals surface area contributed by atoms with Crippen LogP contribution in [0.25, 0.3) is 0 Å². The molecule has 0 aromatic carbocycles. The van der Waals surface area contributed by atoms with Gasteiger partial charge in [0, 0.05) is 6.54 Å². The minimum atomic E-state index is -0.765. The molecule has 4 heteroatoms. The van der Waals surface area contributed by atoms with Crippen LogP contribution in [0.3, 0.4) is 0 Å². The first-order valence-corrected chi connectivity index (χ1v) is 4.84. The summed E-state index contributed by atoms with van der Waals surface area (Å²) in [5, 5.41) is 2.75. The molecule has 0 rings (SSSR count). The lowest BCUT2D eigenvalue weighted by Gasteiger charge is -2.21. The predicted molar refractivity (Wildman–Crippen MR) is 56.7 cm³/mol. The molecule has 1 amide bonds. The van der Waals surface area contributed by atoms with Crippen molar-refractivity contribution in [3.63, 3.8) is 0 Å². The largest absolute Gasteiger partial charge is 0.502 e. The molecule has 3 N–H and O–H groups in total. The van der Waals surface area contributed by atoms with Gasteiger partial charge in [-0.3, -0.25) is 4.79 Å². The molecular formula is C10H20N2O2. The molecule has 0 spiro atoms. The van der Waals surface area contributed by atoms with E-state index < -0.39 is 5.54 Å². The van der Waals surface area contributed by atoms with Crippen LogP contribution < -0.4 is 11.1 Å². The van der Waals surface area contributed by atoms with Crippen LogP contribution >= 0.6 is 0 Å². The minimum Gasteiger partial charge on any atom is -0.502 e. The summed E-state index contributed by atoms with van der Waals surface area (Å²) < 4.78 is 4.91. The first-order valence-electron chi connectivity index (χ1n) is 4.84. The van der Waals surface area contributed by atoms with E-state index in [-0.39, 0.29) is 5.91 Å². The van der Waals surface area contributed by atoms with E-state index in [2.05, 4.69) is 11.9 Å². The van der Waals surface area contributed by atoms with Crippen molar-refractivity contribution in [3.05, 3.63) is 12.8 Å². The fourth-order valence-corrected chi connectivity index (χ4v) is 0.803. The highest BCUT2D eigenvalue weighted by Crippen LogP contribution is 2.03. The van der Waals surface area contributed by atoms with Crippen LogP contribution in [0.1, 0.15) is 26.7 Å². The fraction of sp³-hybridized carbons (Fsp3) is 0.700. The van der Waals surface area contributed by atoms with Gasteiger partial charge in [-0.2, -0.15) is 0 Å². The lowest BCUT2D eigenvalue weighted by atomic mass is 10.00. The highest BCUT2D eigenvalue weighted by molar-refractivity contribution is 5.85. The van der Waals surface area contributed by atoms with Crippen molar-refractivity contribution in [1.82, 2.24) is 5.32 Å². The van der Waals surface area contributed by atoms with Gasteiger partial charge in [-0.05, 0) is 19.8 Å². The molecule has 0 radical (unpaired) electrons. The van der Waals surface area contributed by atoms with Gasteiger partial charge in [0.1, 0.15) is 0 Å². The summed E-state index contributed by atoms with van der Waals surface area (Å²) in [5.74, 6) is -0.112. The number of amides is 1. The van der Waals surface area contributed by atoms with Crippen LogP contribution in [0, 0.1) is 0 Å². The number of hydrogen-bond acceptors (Lipinski definition) is 3. The van der Waals surface area contributed by atoms with E-state index in [0.717, 1.165) is 6.42 Å². The first kappa shape index (κ1) is 13.0. The van der Waals surface area contributed by atoms with Gasteiger partial charge in [0.25, 0.3) is 0 Å². The van der Waals surface area contributed by atoms with E-state index in [1.54, 1.807) is 6.92 Å². The Morgan fingerprint density at radius 1 is 1.71 bits per heavy atom. The minimum absolute atomic E-state index is 0.112. The van der Waals surface area contributed by atoms with Crippen LogP contribution in [0.5, 0.6) is 0 Å². The van der Waals surface area contributed by atoms with Crippen molar-refractivity contribution in [1.29, 1.82) is 0 Å². The molecule has 0 fully saturated rings. The molecule has 0 saturated heterocycles. The summed E-state index contributed by atoms with van der Waals surface area (Å²) >= 11 is 0. The van der Waals surface area contributed by atoms with Gasteiger partial charge in [-0.25, -0.2) is 0 Å². The Hall–Kier alpha value is -1.03. The zero-order valence-electron chi connectivity index (χ0n) is 9.01. The molecular weight excluding hydrogens is 180 g/mol. The highest BCUT2D eigenvalue weighted by Gasteiger charge is 2.24. The molecule has 0 aliphatic rings. The Bertz CT molecular complexity index is 191. The smallest absolute Gasteiger partial charge is 0.239 e. The van der Waals surface area contributed by atoms with E-state index >= 15 is 0 Å². The summed E-state index contributed by atoms with van der Waals surface area (Å²) in [6.07, 6.45) is 2.78. The molecule has 0 aliphatic carbocycles. The van der Waals surface area contributed by atoms with E-state index in [0.29, 0.717) is 19.6 Å². The molecule has 0 bridgehead atoms. The average molecular weight is 200 g/mol. The number of nitrogens with two attached hydrogens (primary N) is 1. The lowest BCUT2D eigenvalue weighted by Crippen LogP contribution is -2.51. The third-order valence-electron chi connectivity index (χ3n) is 2.10. The third-order valence-corrected chi connectivity index (χ3v) is 2.10. The van der Waals surface area contributed by atoms with E-state index in [4.69, 9.17) is 10.5 Å². The van der Waals surface area contributed by atoms with Crippen LogP contribution in [0.2, 0.25) is 0 Å². The van der Waals surface area contributed by atoms with Crippen molar-refractivity contribution < 1.29 is 9.53 Å². The normalized spacial score (nSPS) is 14.2. The number of ether oxygens (including phenoxy) is 1. The van der Waals surface area contributed by atoms with Crippen LogP contribution in [0.15, 0.2) is 12.8 Å². The number of nitrogens with one attached hydrogen (secondary N) is 1. The van der Waals surface area contributed by atoms with E-state index in [9.17, 15) is 4.79 Å². The average Bonchev–Trinajstić information content (AvgIpc) is 2.17. The summed E-state index contributed by atoms with van der Waals surface area (Å²) in [7, 11) is 0. The maximum atomic E-state index is 11.4. The maximum Gasteiger partial charge on any atom is 0.239 e. The van der Waals surface area contributed by atoms with Gasteiger partial charge in [-0.15, -0.1) is 0 Å². The molecule has 1 unspecified atom stereocenters. The Morgan fingerprint density at radius 3 is 2.86 bits per heavy atom. The van der Waals surface area contributed by atoms with Crippen LogP contribution in [0.4, 0.5) is 0 Å². The summed E-state index contributed by atoms with van der Waals surface area (Å²) in [5.41, 5.74) is 4.98.